The third kappa shape index (κ3) is 3.52. The molecule has 0 atom stereocenters. The maximum absolute atomic E-state index is 12.9. The molecule has 2 aromatic rings. The molecule has 5 rings (SSSR count). The number of halogens is 2. The fourth-order valence-corrected chi connectivity index (χ4v) is 4.82. The topological polar surface area (TPSA) is 80.3 Å². The molecule has 1 aliphatic heterocycles. The van der Waals surface area contributed by atoms with Crippen LogP contribution < -0.4 is 15.4 Å². The van der Waals surface area contributed by atoms with Gasteiger partial charge in [-0.3, -0.25) is 9.59 Å². The number of rotatable bonds is 4. The number of nitrogens with one attached hydrogen (secondary N) is 2. The van der Waals surface area contributed by atoms with Crippen LogP contribution in [0, 0.1) is 0 Å². The van der Waals surface area contributed by atoms with E-state index in [1.54, 1.807) is 12.1 Å². The SMILES string of the molecule is O=C(NC1CC1)c1ccc2c(c1)C1(CCC(Oc3ncc(Cl)cc3Cl)CC1)C(=O)N2. The molecular weight excluding hydrogens is 425 g/mol. The Hall–Kier alpha value is -2.31. The smallest absolute Gasteiger partial charge is 0.251 e. The monoisotopic (exact) mass is 445 g/mol. The molecule has 156 valence electrons. The molecular formula is C22H21Cl2N3O3. The first-order valence-corrected chi connectivity index (χ1v) is 10.9. The number of hydrogen-bond donors (Lipinski definition) is 2. The lowest BCUT2D eigenvalue weighted by Crippen LogP contribution is -2.41. The van der Waals surface area contributed by atoms with Gasteiger partial charge >= 0.3 is 0 Å². The largest absolute Gasteiger partial charge is 0.473 e. The summed E-state index contributed by atoms with van der Waals surface area (Å²) in [6.45, 7) is 0. The fraction of sp³-hybridized carbons (Fsp3) is 0.409. The van der Waals surface area contributed by atoms with Crippen LogP contribution in [-0.4, -0.2) is 28.9 Å². The lowest BCUT2D eigenvalue weighted by molar-refractivity contribution is -0.122. The Morgan fingerprint density at radius 3 is 2.63 bits per heavy atom. The fourth-order valence-electron chi connectivity index (χ4n) is 4.40. The van der Waals surface area contributed by atoms with Crippen LogP contribution in [0.15, 0.2) is 30.5 Å². The van der Waals surface area contributed by atoms with Gasteiger partial charge in [0.1, 0.15) is 11.1 Å². The summed E-state index contributed by atoms with van der Waals surface area (Å²) in [6, 6.07) is 7.39. The maximum Gasteiger partial charge on any atom is 0.251 e. The molecule has 2 heterocycles. The molecule has 0 bridgehead atoms. The lowest BCUT2D eigenvalue weighted by Gasteiger charge is -2.35. The average molecular weight is 446 g/mol. The van der Waals surface area contributed by atoms with Gasteiger partial charge in [0.2, 0.25) is 11.8 Å². The predicted molar refractivity (Wildman–Crippen MR) is 114 cm³/mol. The van der Waals surface area contributed by atoms with Gasteiger partial charge in [-0.2, -0.15) is 0 Å². The second-order valence-electron chi connectivity index (χ2n) is 8.30. The highest BCUT2D eigenvalue weighted by atomic mass is 35.5. The number of hydrogen-bond acceptors (Lipinski definition) is 4. The van der Waals surface area contributed by atoms with Gasteiger partial charge in [-0.15, -0.1) is 0 Å². The van der Waals surface area contributed by atoms with Gasteiger partial charge in [-0.1, -0.05) is 23.2 Å². The van der Waals surface area contributed by atoms with Gasteiger partial charge in [-0.25, -0.2) is 4.98 Å². The molecule has 2 saturated carbocycles. The number of amides is 2. The maximum atomic E-state index is 12.9. The number of benzene rings is 1. The van der Waals surface area contributed by atoms with Crippen molar-refractivity contribution in [1.82, 2.24) is 10.3 Å². The summed E-state index contributed by atoms with van der Waals surface area (Å²) in [5.74, 6) is 0.283. The van der Waals surface area contributed by atoms with Crippen LogP contribution in [0.1, 0.15) is 54.4 Å². The van der Waals surface area contributed by atoms with Gasteiger partial charge in [0, 0.05) is 23.5 Å². The van der Waals surface area contributed by atoms with E-state index in [9.17, 15) is 9.59 Å². The Morgan fingerprint density at radius 1 is 1.17 bits per heavy atom. The van der Waals surface area contributed by atoms with Crippen molar-refractivity contribution in [2.75, 3.05) is 5.32 Å². The number of carbonyl (C=O) groups is 2. The molecule has 2 amide bonds. The van der Waals surface area contributed by atoms with Crippen molar-refractivity contribution in [3.63, 3.8) is 0 Å². The third-order valence-corrected chi connectivity index (χ3v) is 6.71. The number of carbonyl (C=O) groups excluding carboxylic acids is 2. The first kappa shape index (κ1) is 19.6. The molecule has 2 aliphatic carbocycles. The number of pyridine rings is 1. The van der Waals surface area contributed by atoms with Crippen molar-refractivity contribution >= 4 is 40.7 Å². The van der Waals surface area contributed by atoms with Crippen LogP contribution in [0.5, 0.6) is 5.88 Å². The second-order valence-corrected chi connectivity index (χ2v) is 9.15. The van der Waals surface area contributed by atoms with Crippen LogP contribution >= 0.6 is 23.2 Å². The summed E-state index contributed by atoms with van der Waals surface area (Å²) < 4.78 is 5.98. The molecule has 0 saturated heterocycles. The van der Waals surface area contributed by atoms with Crippen molar-refractivity contribution < 1.29 is 14.3 Å². The van der Waals surface area contributed by atoms with E-state index in [1.165, 1.54) is 6.20 Å². The minimum absolute atomic E-state index is 0.00153. The molecule has 1 aromatic heterocycles. The van der Waals surface area contributed by atoms with Crippen LogP contribution in [0.2, 0.25) is 10.0 Å². The number of fused-ring (bicyclic) bond motifs is 2. The summed E-state index contributed by atoms with van der Waals surface area (Å²) in [7, 11) is 0. The van der Waals surface area contributed by atoms with Crippen molar-refractivity contribution in [2.24, 2.45) is 0 Å². The predicted octanol–water partition coefficient (Wildman–Crippen LogP) is 4.49. The molecule has 2 fully saturated rings. The Kier molecular flexibility index (Phi) is 4.86. The van der Waals surface area contributed by atoms with Crippen molar-refractivity contribution in [2.45, 2.75) is 56.1 Å². The molecule has 6 nitrogen and oxygen atoms in total. The highest BCUT2D eigenvalue weighted by Gasteiger charge is 2.49. The average Bonchev–Trinajstić information content (AvgIpc) is 3.50. The van der Waals surface area contributed by atoms with Gasteiger partial charge < -0.3 is 15.4 Å². The van der Waals surface area contributed by atoms with Gasteiger partial charge in [0.05, 0.1) is 10.4 Å². The van der Waals surface area contributed by atoms with Crippen molar-refractivity contribution in [3.05, 3.63) is 51.6 Å². The van der Waals surface area contributed by atoms with E-state index in [4.69, 9.17) is 27.9 Å². The van der Waals surface area contributed by atoms with E-state index in [1.807, 2.05) is 12.1 Å². The normalized spacial score (nSPS) is 25.0. The number of anilines is 1. The molecule has 0 radical (unpaired) electrons. The minimum Gasteiger partial charge on any atom is -0.473 e. The summed E-state index contributed by atoms with van der Waals surface area (Å²) in [5, 5.41) is 6.84. The number of aromatic nitrogens is 1. The van der Waals surface area contributed by atoms with E-state index in [2.05, 4.69) is 15.6 Å². The van der Waals surface area contributed by atoms with E-state index < -0.39 is 5.41 Å². The molecule has 30 heavy (non-hydrogen) atoms. The van der Waals surface area contributed by atoms with Gasteiger partial charge in [0.15, 0.2) is 0 Å². The van der Waals surface area contributed by atoms with E-state index in [-0.39, 0.29) is 17.9 Å². The minimum atomic E-state index is -0.623. The Bertz CT molecular complexity index is 1030. The quantitative estimate of drug-likeness (QED) is 0.725. The summed E-state index contributed by atoms with van der Waals surface area (Å²) in [4.78, 5) is 29.6. The first-order valence-electron chi connectivity index (χ1n) is 10.2. The molecule has 1 spiro atoms. The Balaban J connectivity index is 1.33. The first-order chi connectivity index (χ1) is 14.4. The van der Waals surface area contributed by atoms with Crippen LogP contribution in [-0.2, 0) is 10.2 Å². The van der Waals surface area contributed by atoms with Crippen LogP contribution in [0.4, 0.5) is 5.69 Å². The molecule has 2 N–H and O–H groups in total. The summed E-state index contributed by atoms with van der Waals surface area (Å²) in [6.07, 6.45) is 6.13. The molecule has 1 aromatic carbocycles. The van der Waals surface area contributed by atoms with E-state index in [0.29, 0.717) is 53.2 Å². The zero-order chi connectivity index (χ0) is 20.9. The third-order valence-electron chi connectivity index (χ3n) is 6.23. The number of nitrogens with zero attached hydrogens (tertiary/aromatic N) is 1. The zero-order valence-electron chi connectivity index (χ0n) is 16.2. The summed E-state index contributed by atoms with van der Waals surface area (Å²) in [5.41, 5.74) is 1.69. The standard InChI is InChI=1S/C22H21Cl2N3O3/c23-13-10-17(24)20(25-11-13)30-15-5-7-22(8-6-15)16-9-12(19(28)26-14-2-3-14)1-4-18(16)27-21(22)29/h1,4,9-11,14-15H,2-3,5-8H2,(H,26,28)(H,27,29). The molecule has 3 aliphatic rings. The summed E-state index contributed by atoms with van der Waals surface area (Å²) >= 11 is 12.1. The van der Waals surface area contributed by atoms with E-state index in [0.717, 1.165) is 24.1 Å². The van der Waals surface area contributed by atoms with Gasteiger partial charge in [-0.05, 0) is 68.4 Å². The molecule has 0 unspecified atom stereocenters. The van der Waals surface area contributed by atoms with Gasteiger partial charge in [0.25, 0.3) is 5.91 Å². The van der Waals surface area contributed by atoms with Crippen LogP contribution in [0.3, 0.4) is 0 Å². The molecule has 8 heteroatoms. The Morgan fingerprint density at radius 2 is 1.93 bits per heavy atom. The Labute approximate surface area is 184 Å². The number of ether oxygens (including phenoxy) is 1. The highest BCUT2D eigenvalue weighted by Crippen LogP contribution is 2.48. The van der Waals surface area contributed by atoms with Crippen molar-refractivity contribution in [3.8, 4) is 5.88 Å². The second kappa shape index (κ2) is 7.43. The highest BCUT2D eigenvalue weighted by molar-refractivity contribution is 6.35. The lowest BCUT2D eigenvalue weighted by atomic mass is 9.69. The zero-order valence-corrected chi connectivity index (χ0v) is 17.7. The van der Waals surface area contributed by atoms with Crippen molar-refractivity contribution in [1.29, 1.82) is 0 Å². The van der Waals surface area contributed by atoms with E-state index >= 15 is 0 Å². The van der Waals surface area contributed by atoms with Crippen LogP contribution in [0.25, 0.3) is 0 Å².